The molecule has 0 unspecified atom stereocenters. The molecule has 4 N–H and O–H groups in total. The lowest BCUT2D eigenvalue weighted by molar-refractivity contribution is -0.207. The van der Waals surface area contributed by atoms with Crippen molar-refractivity contribution < 1.29 is 20.4 Å². The van der Waals surface area contributed by atoms with Gasteiger partial charge in [0.1, 0.15) is 0 Å². The molecule has 0 spiro atoms. The van der Waals surface area contributed by atoms with E-state index in [2.05, 4.69) is 34.6 Å². The highest BCUT2D eigenvalue weighted by Crippen LogP contribution is 2.68. The molecule has 180 valence electrons. The van der Waals surface area contributed by atoms with E-state index in [1.165, 1.54) is 0 Å². The zero-order valence-electron chi connectivity index (χ0n) is 20.5. The molecule has 0 bridgehead atoms. The Morgan fingerprint density at radius 2 is 1.58 bits per heavy atom. The molecule has 0 heterocycles. The van der Waals surface area contributed by atoms with Crippen molar-refractivity contribution in [3.8, 4) is 0 Å². The summed E-state index contributed by atoms with van der Waals surface area (Å²) in [4.78, 5) is 0. The summed E-state index contributed by atoms with van der Waals surface area (Å²) in [5, 5.41) is 43.8. The standard InChI is InChI=1S/C27H48O4/c1-15(2)10-19(29)11-16(3)20-6-7-21-25-22(14-24(31)27(20,21)5)26(4)9-8-18(28)12-17(26)13-23(25)30/h15-25,28-31H,6-14H2,1-5H3/t16-,17+,18-,19-,20-,21+,22+,23-,24+,25+,26+,27-/m1/s1. The number of rotatable bonds is 5. The van der Waals surface area contributed by atoms with Gasteiger partial charge >= 0.3 is 0 Å². The van der Waals surface area contributed by atoms with Crippen LogP contribution in [0.2, 0.25) is 0 Å². The van der Waals surface area contributed by atoms with Gasteiger partial charge in [0.25, 0.3) is 0 Å². The highest BCUT2D eigenvalue weighted by atomic mass is 16.3. The van der Waals surface area contributed by atoms with Crippen molar-refractivity contribution in [1.82, 2.24) is 0 Å². The van der Waals surface area contributed by atoms with Crippen LogP contribution in [0.5, 0.6) is 0 Å². The molecule has 4 rings (SSSR count). The molecule has 4 saturated carbocycles. The monoisotopic (exact) mass is 436 g/mol. The van der Waals surface area contributed by atoms with Gasteiger partial charge in [0, 0.05) is 0 Å². The third-order valence-electron chi connectivity index (χ3n) is 10.9. The van der Waals surface area contributed by atoms with Crippen molar-refractivity contribution in [3.05, 3.63) is 0 Å². The van der Waals surface area contributed by atoms with Gasteiger partial charge in [-0.2, -0.15) is 0 Å². The third-order valence-corrected chi connectivity index (χ3v) is 10.9. The Balaban J connectivity index is 1.56. The normalized spacial score (nSPS) is 51.7. The number of aliphatic hydroxyl groups is 4. The minimum Gasteiger partial charge on any atom is -0.393 e. The molecule has 0 amide bonds. The number of fused-ring (bicyclic) bond motifs is 5. The zero-order chi connectivity index (χ0) is 22.7. The first-order chi connectivity index (χ1) is 14.5. The molecule has 0 radical (unpaired) electrons. The van der Waals surface area contributed by atoms with Gasteiger partial charge in [0.2, 0.25) is 0 Å². The third kappa shape index (κ3) is 3.92. The van der Waals surface area contributed by atoms with Crippen molar-refractivity contribution in [2.75, 3.05) is 0 Å². The Kier molecular flexibility index (Phi) is 6.62. The zero-order valence-corrected chi connectivity index (χ0v) is 20.5. The quantitative estimate of drug-likeness (QED) is 0.515. The lowest BCUT2D eigenvalue weighted by atomic mass is 9.43. The van der Waals surface area contributed by atoms with Crippen molar-refractivity contribution in [3.63, 3.8) is 0 Å². The maximum Gasteiger partial charge on any atom is 0.0602 e. The summed E-state index contributed by atoms with van der Waals surface area (Å²) in [5.74, 6) is 2.62. The molecular weight excluding hydrogens is 388 g/mol. The molecule has 4 nitrogen and oxygen atoms in total. The molecule has 4 aliphatic rings. The van der Waals surface area contributed by atoms with E-state index >= 15 is 0 Å². The first-order valence-corrected chi connectivity index (χ1v) is 13.2. The molecule has 0 aromatic heterocycles. The van der Waals surface area contributed by atoms with Gasteiger partial charge in [0.15, 0.2) is 0 Å². The maximum atomic E-state index is 11.6. The molecule has 4 heteroatoms. The molecule has 0 aliphatic heterocycles. The van der Waals surface area contributed by atoms with Gasteiger partial charge in [-0.05, 0) is 110 Å². The molecule has 31 heavy (non-hydrogen) atoms. The van der Waals surface area contributed by atoms with E-state index in [4.69, 9.17) is 0 Å². The van der Waals surface area contributed by atoms with Gasteiger partial charge in [-0.1, -0.05) is 34.6 Å². The Bertz CT molecular complexity index is 637. The lowest BCUT2D eigenvalue weighted by Crippen LogP contribution is -2.62. The second-order valence-corrected chi connectivity index (χ2v) is 13.0. The minimum absolute atomic E-state index is 0.128. The Hall–Kier alpha value is -0.160. The predicted molar refractivity (Wildman–Crippen MR) is 123 cm³/mol. The number of hydrogen-bond donors (Lipinski definition) is 4. The van der Waals surface area contributed by atoms with Crippen molar-refractivity contribution in [2.45, 2.75) is 117 Å². The first-order valence-electron chi connectivity index (χ1n) is 13.2. The van der Waals surface area contributed by atoms with Crippen LogP contribution in [0.4, 0.5) is 0 Å². The topological polar surface area (TPSA) is 80.9 Å². The summed E-state index contributed by atoms with van der Waals surface area (Å²) < 4.78 is 0. The maximum absolute atomic E-state index is 11.6. The highest BCUT2D eigenvalue weighted by molar-refractivity contribution is 5.14. The van der Waals surface area contributed by atoms with Crippen LogP contribution in [0.15, 0.2) is 0 Å². The lowest BCUT2D eigenvalue weighted by Gasteiger charge is -2.63. The van der Waals surface area contributed by atoms with Crippen LogP contribution < -0.4 is 0 Å². The van der Waals surface area contributed by atoms with E-state index < -0.39 is 0 Å². The fourth-order valence-corrected chi connectivity index (χ4v) is 9.37. The average molecular weight is 437 g/mol. The van der Waals surface area contributed by atoms with E-state index in [9.17, 15) is 20.4 Å². The fraction of sp³-hybridized carbons (Fsp3) is 1.00. The number of hydrogen-bond acceptors (Lipinski definition) is 4. The van der Waals surface area contributed by atoms with Gasteiger partial charge in [-0.25, -0.2) is 0 Å². The first kappa shape index (κ1) is 24.0. The van der Waals surface area contributed by atoms with Gasteiger partial charge in [-0.15, -0.1) is 0 Å². The summed E-state index contributed by atoms with van der Waals surface area (Å²) in [5.41, 5.74) is -0.0426. The predicted octanol–water partition coefficient (Wildman–Crippen LogP) is 4.38. The summed E-state index contributed by atoms with van der Waals surface area (Å²) in [6, 6.07) is 0. The van der Waals surface area contributed by atoms with Crippen LogP contribution in [0.1, 0.15) is 92.4 Å². The summed E-state index contributed by atoms with van der Waals surface area (Å²) in [6.07, 6.45) is 6.98. The second-order valence-electron chi connectivity index (χ2n) is 13.0. The van der Waals surface area contributed by atoms with Crippen LogP contribution in [0, 0.1) is 52.3 Å². The van der Waals surface area contributed by atoms with Crippen molar-refractivity contribution >= 4 is 0 Å². The van der Waals surface area contributed by atoms with Crippen LogP contribution in [0.3, 0.4) is 0 Å². The smallest absolute Gasteiger partial charge is 0.0602 e. The Morgan fingerprint density at radius 1 is 0.871 bits per heavy atom. The fourth-order valence-electron chi connectivity index (χ4n) is 9.37. The molecular formula is C27H48O4. The molecule has 0 aromatic carbocycles. The van der Waals surface area contributed by atoms with E-state index in [1.807, 2.05) is 0 Å². The van der Waals surface area contributed by atoms with Gasteiger partial charge < -0.3 is 20.4 Å². The van der Waals surface area contributed by atoms with Gasteiger partial charge in [0.05, 0.1) is 24.4 Å². The summed E-state index contributed by atoms with van der Waals surface area (Å²) >= 11 is 0. The Labute approximate surface area is 189 Å². The molecule has 0 saturated heterocycles. The largest absolute Gasteiger partial charge is 0.393 e. The molecule has 12 atom stereocenters. The van der Waals surface area contributed by atoms with E-state index in [0.29, 0.717) is 35.5 Å². The Morgan fingerprint density at radius 3 is 2.26 bits per heavy atom. The van der Waals surface area contributed by atoms with Crippen LogP contribution in [0.25, 0.3) is 0 Å². The van der Waals surface area contributed by atoms with E-state index in [0.717, 1.165) is 57.8 Å². The summed E-state index contributed by atoms with van der Waals surface area (Å²) in [7, 11) is 0. The van der Waals surface area contributed by atoms with E-state index in [-0.39, 0.29) is 41.2 Å². The van der Waals surface area contributed by atoms with Crippen molar-refractivity contribution in [1.29, 1.82) is 0 Å². The minimum atomic E-state index is -0.342. The molecule has 4 aliphatic carbocycles. The van der Waals surface area contributed by atoms with Crippen LogP contribution in [-0.2, 0) is 0 Å². The second kappa shape index (κ2) is 8.56. The number of aliphatic hydroxyl groups excluding tert-OH is 4. The van der Waals surface area contributed by atoms with E-state index in [1.54, 1.807) is 0 Å². The van der Waals surface area contributed by atoms with Crippen LogP contribution in [-0.4, -0.2) is 44.8 Å². The van der Waals surface area contributed by atoms with Crippen LogP contribution >= 0.6 is 0 Å². The highest BCUT2D eigenvalue weighted by Gasteiger charge is 2.65. The van der Waals surface area contributed by atoms with Gasteiger partial charge in [-0.3, -0.25) is 0 Å². The van der Waals surface area contributed by atoms with Crippen molar-refractivity contribution in [2.24, 2.45) is 52.3 Å². The summed E-state index contributed by atoms with van der Waals surface area (Å²) in [6.45, 7) is 11.3. The molecule has 4 fully saturated rings. The SMILES string of the molecule is CC(C)C[C@@H](O)C[C@@H](C)[C@H]1CC[C@H]2[C@@H]3[C@H](O)C[C@@H]4C[C@H](O)CC[C@]4(C)[C@H]3C[C@H](O)[C@]12C. The molecule has 0 aromatic rings. The average Bonchev–Trinajstić information content (AvgIpc) is 3.02.